The number of rotatable bonds is 6. The molecule has 1 aliphatic carbocycles. The van der Waals surface area contributed by atoms with Crippen LogP contribution in [0.4, 0.5) is 0 Å². The standard InChI is InChI=1S/C20H30N2O3/c1-24-17-7-8-18(19(13-17)25-2)20(23)21-14-15-9-11-22(12-10-15)16-5-3-4-6-16/h7-8,13,15-16H,3-6,9-12,14H2,1-2H3,(H,21,23). The van der Waals surface area contributed by atoms with Gasteiger partial charge in [-0.3, -0.25) is 4.79 Å². The summed E-state index contributed by atoms with van der Waals surface area (Å²) in [5, 5.41) is 3.09. The first-order chi connectivity index (χ1) is 12.2. The van der Waals surface area contributed by atoms with Crippen LogP contribution in [0.1, 0.15) is 48.9 Å². The van der Waals surface area contributed by atoms with Crippen LogP contribution in [0.25, 0.3) is 0 Å². The van der Waals surface area contributed by atoms with Crippen LogP contribution < -0.4 is 14.8 Å². The van der Waals surface area contributed by atoms with Crippen LogP contribution in [0, 0.1) is 5.92 Å². The molecule has 0 bridgehead atoms. The SMILES string of the molecule is COc1ccc(C(=O)NCC2CCN(C3CCCC3)CC2)c(OC)c1. The maximum atomic E-state index is 12.5. The number of ether oxygens (including phenoxy) is 2. The molecule has 0 atom stereocenters. The summed E-state index contributed by atoms with van der Waals surface area (Å²) in [6, 6.07) is 6.11. The monoisotopic (exact) mass is 346 g/mol. The zero-order valence-corrected chi connectivity index (χ0v) is 15.4. The Morgan fingerprint density at radius 3 is 2.48 bits per heavy atom. The van der Waals surface area contributed by atoms with Crippen LogP contribution in [0.15, 0.2) is 18.2 Å². The molecule has 1 saturated carbocycles. The number of carbonyl (C=O) groups is 1. The molecule has 0 unspecified atom stereocenters. The second-order valence-electron chi connectivity index (χ2n) is 7.19. The minimum Gasteiger partial charge on any atom is -0.497 e. The van der Waals surface area contributed by atoms with Gasteiger partial charge in [-0.15, -0.1) is 0 Å². The Bertz CT molecular complexity index is 576. The minimum atomic E-state index is -0.0716. The van der Waals surface area contributed by atoms with E-state index >= 15 is 0 Å². The van der Waals surface area contributed by atoms with Crippen molar-refractivity contribution in [3.05, 3.63) is 23.8 Å². The van der Waals surface area contributed by atoms with Crippen molar-refractivity contribution in [2.24, 2.45) is 5.92 Å². The van der Waals surface area contributed by atoms with Crippen LogP contribution >= 0.6 is 0 Å². The topological polar surface area (TPSA) is 50.8 Å². The number of hydrogen-bond acceptors (Lipinski definition) is 4. The predicted octanol–water partition coefficient (Wildman–Crippen LogP) is 3.09. The number of nitrogens with one attached hydrogen (secondary N) is 1. The van der Waals surface area contributed by atoms with Crippen molar-refractivity contribution < 1.29 is 14.3 Å². The number of amides is 1. The fraction of sp³-hybridized carbons (Fsp3) is 0.650. The van der Waals surface area contributed by atoms with Crippen LogP contribution in [-0.4, -0.2) is 50.7 Å². The molecule has 5 nitrogen and oxygen atoms in total. The van der Waals surface area contributed by atoms with Crippen molar-refractivity contribution in [1.82, 2.24) is 10.2 Å². The lowest BCUT2D eigenvalue weighted by atomic mass is 9.95. The molecular formula is C20H30N2O3. The van der Waals surface area contributed by atoms with Gasteiger partial charge < -0.3 is 19.7 Å². The van der Waals surface area contributed by atoms with Gasteiger partial charge in [0, 0.05) is 18.7 Å². The lowest BCUT2D eigenvalue weighted by molar-refractivity contribution is 0.0921. The molecule has 25 heavy (non-hydrogen) atoms. The first-order valence-electron chi connectivity index (χ1n) is 9.45. The van der Waals surface area contributed by atoms with E-state index in [4.69, 9.17) is 9.47 Å². The predicted molar refractivity (Wildman–Crippen MR) is 98.4 cm³/mol. The fourth-order valence-corrected chi connectivity index (χ4v) is 4.11. The van der Waals surface area contributed by atoms with E-state index in [0.29, 0.717) is 23.0 Å². The summed E-state index contributed by atoms with van der Waals surface area (Å²) in [5.74, 6) is 1.74. The van der Waals surface area contributed by atoms with E-state index in [-0.39, 0.29) is 5.91 Å². The molecule has 2 aliphatic rings. The second-order valence-corrected chi connectivity index (χ2v) is 7.19. The highest BCUT2D eigenvalue weighted by Gasteiger charge is 2.27. The Morgan fingerprint density at radius 2 is 1.84 bits per heavy atom. The van der Waals surface area contributed by atoms with Gasteiger partial charge in [-0.1, -0.05) is 12.8 Å². The summed E-state index contributed by atoms with van der Waals surface area (Å²) in [5.41, 5.74) is 0.562. The van der Waals surface area contributed by atoms with Gasteiger partial charge in [0.1, 0.15) is 11.5 Å². The number of nitrogens with zero attached hydrogens (tertiary/aromatic N) is 1. The largest absolute Gasteiger partial charge is 0.497 e. The Labute approximate surface area is 150 Å². The lowest BCUT2D eigenvalue weighted by Gasteiger charge is -2.36. The van der Waals surface area contributed by atoms with Gasteiger partial charge in [0.25, 0.3) is 5.91 Å². The number of carbonyl (C=O) groups excluding carboxylic acids is 1. The normalized spacial score (nSPS) is 19.8. The van der Waals surface area contributed by atoms with E-state index in [9.17, 15) is 4.79 Å². The van der Waals surface area contributed by atoms with Crippen molar-refractivity contribution in [3.63, 3.8) is 0 Å². The Kier molecular flexibility index (Phi) is 6.19. The molecule has 1 heterocycles. The van der Waals surface area contributed by atoms with Gasteiger partial charge in [-0.05, 0) is 56.8 Å². The first kappa shape index (κ1) is 18.1. The molecule has 1 aromatic carbocycles. The van der Waals surface area contributed by atoms with Gasteiger partial charge in [-0.2, -0.15) is 0 Å². The summed E-state index contributed by atoms with van der Waals surface area (Å²) < 4.78 is 10.5. The van der Waals surface area contributed by atoms with Crippen LogP contribution in [-0.2, 0) is 0 Å². The number of benzene rings is 1. The molecule has 1 amide bonds. The average Bonchev–Trinajstić information content (AvgIpc) is 3.20. The number of methoxy groups -OCH3 is 2. The molecule has 138 valence electrons. The van der Waals surface area contributed by atoms with Gasteiger partial charge in [-0.25, -0.2) is 0 Å². The first-order valence-corrected chi connectivity index (χ1v) is 9.45. The van der Waals surface area contributed by atoms with Crippen molar-refractivity contribution in [2.75, 3.05) is 33.9 Å². The fourth-order valence-electron chi connectivity index (χ4n) is 4.11. The highest BCUT2D eigenvalue weighted by Crippen LogP contribution is 2.28. The van der Waals surface area contributed by atoms with Gasteiger partial charge in [0.2, 0.25) is 0 Å². The molecule has 1 aromatic rings. The Morgan fingerprint density at radius 1 is 1.12 bits per heavy atom. The molecule has 1 N–H and O–H groups in total. The molecule has 2 fully saturated rings. The van der Waals surface area contributed by atoms with Gasteiger partial charge >= 0.3 is 0 Å². The Hall–Kier alpha value is -1.75. The third-order valence-corrected chi connectivity index (χ3v) is 5.69. The number of piperidine rings is 1. The molecule has 0 radical (unpaired) electrons. The molecular weight excluding hydrogens is 316 g/mol. The third kappa shape index (κ3) is 4.46. The van der Waals surface area contributed by atoms with Crippen molar-refractivity contribution in [3.8, 4) is 11.5 Å². The molecule has 3 rings (SSSR count). The number of hydrogen-bond donors (Lipinski definition) is 1. The van der Waals surface area contributed by atoms with Gasteiger partial charge in [0.05, 0.1) is 19.8 Å². The van der Waals surface area contributed by atoms with E-state index in [2.05, 4.69) is 10.2 Å². The van der Waals surface area contributed by atoms with Gasteiger partial charge in [0.15, 0.2) is 0 Å². The van der Waals surface area contributed by atoms with E-state index in [1.54, 1.807) is 32.4 Å². The highest BCUT2D eigenvalue weighted by atomic mass is 16.5. The van der Waals surface area contributed by atoms with E-state index in [1.807, 2.05) is 0 Å². The molecule has 0 spiro atoms. The third-order valence-electron chi connectivity index (χ3n) is 5.69. The summed E-state index contributed by atoms with van der Waals surface area (Å²) in [7, 11) is 3.18. The number of likely N-dealkylation sites (tertiary alicyclic amines) is 1. The van der Waals surface area contributed by atoms with Crippen LogP contribution in [0.5, 0.6) is 11.5 Å². The maximum absolute atomic E-state index is 12.5. The quantitative estimate of drug-likeness (QED) is 0.860. The highest BCUT2D eigenvalue weighted by molar-refractivity contribution is 5.97. The minimum absolute atomic E-state index is 0.0716. The summed E-state index contributed by atoms with van der Waals surface area (Å²) in [4.78, 5) is 15.2. The van der Waals surface area contributed by atoms with Crippen molar-refractivity contribution in [2.45, 2.75) is 44.6 Å². The average molecular weight is 346 g/mol. The summed E-state index contributed by atoms with van der Waals surface area (Å²) in [6.45, 7) is 3.10. The summed E-state index contributed by atoms with van der Waals surface area (Å²) in [6.07, 6.45) is 7.89. The smallest absolute Gasteiger partial charge is 0.255 e. The zero-order chi connectivity index (χ0) is 17.6. The van der Waals surface area contributed by atoms with E-state index in [0.717, 1.165) is 12.6 Å². The zero-order valence-electron chi connectivity index (χ0n) is 15.4. The Balaban J connectivity index is 1.48. The molecule has 0 aromatic heterocycles. The van der Waals surface area contributed by atoms with Crippen LogP contribution in [0.2, 0.25) is 0 Å². The van der Waals surface area contributed by atoms with E-state index < -0.39 is 0 Å². The molecule has 1 saturated heterocycles. The molecule has 5 heteroatoms. The van der Waals surface area contributed by atoms with Crippen LogP contribution in [0.3, 0.4) is 0 Å². The lowest BCUT2D eigenvalue weighted by Crippen LogP contribution is -2.42. The van der Waals surface area contributed by atoms with Crippen molar-refractivity contribution >= 4 is 5.91 Å². The second kappa shape index (κ2) is 8.56. The van der Waals surface area contributed by atoms with E-state index in [1.165, 1.54) is 51.6 Å². The summed E-state index contributed by atoms with van der Waals surface area (Å²) >= 11 is 0. The maximum Gasteiger partial charge on any atom is 0.255 e. The van der Waals surface area contributed by atoms with Crippen molar-refractivity contribution in [1.29, 1.82) is 0 Å². The molecule has 1 aliphatic heterocycles.